The summed E-state index contributed by atoms with van der Waals surface area (Å²) in [5, 5.41) is 9.05. The second-order valence-corrected chi connectivity index (χ2v) is 6.71. The zero-order valence-electron chi connectivity index (χ0n) is 12.2. The molecule has 0 aromatic heterocycles. The van der Waals surface area contributed by atoms with Crippen LogP contribution in [0.1, 0.15) is 43.1 Å². The van der Waals surface area contributed by atoms with Crippen molar-refractivity contribution in [3.05, 3.63) is 29.3 Å². The third kappa shape index (κ3) is 3.58. The van der Waals surface area contributed by atoms with E-state index in [0.717, 1.165) is 6.42 Å². The Bertz CT molecular complexity index is 595. The lowest BCUT2D eigenvalue weighted by Crippen LogP contribution is -2.37. The van der Waals surface area contributed by atoms with Crippen LogP contribution >= 0.6 is 0 Å². The first-order valence-corrected chi connectivity index (χ1v) is 8.04. The van der Waals surface area contributed by atoms with E-state index in [0.29, 0.717) is 0 Å². The molecule has 2 unspecified atom stereocenters. The zero-order valence-corrected chi connectivity index (χ0v) is 13.0. The fraction of sp³-hybridized carbons (Fsp3) is 0.500. The average molecular weight is 299 g/mol. The molecule has 0 spiro atoms. The number of sulfonamides is 1. The largest absolute Gasteiger partial charge is 0.478 e. The molecule has 0 aliphatic heterocycles. The molecule has 5 nitrogen and oxygen atoms in total. The Labute approximate surface area is 120 Å². The van der Waals surface area contributed by atoms with Gasteiger partial charge >= 0.3 is 5.97 Å². The van der Waals surface area contributed by atoms with E-state index in [1.807, 2.05) is 20.8 Å². The Kier molecular flexibility index (Phi) is 5.30. The number of hydrogen-bond donors (Lipinski definition) is 2. The molecule has 0 saturated heterocycles. The summed E-state index contributed by atoms with van der Waals surface area (Å²) in [6, 6.07) is 4.05. The quantitative estimate of drug-likeness (QED) is 0.845. The summed E-state index contributed by atoms with van der Waals surface area (Å²) in [5.41, 5.74) is 0.257. The van der Waals surface area contributed by atoms with Gasteiger partial charge in [0.2, 0.25) is 10.0 Å². The van der Waals surface area contributed by atoms with Gasteiger partial charge in [-0.3, -0.25) is 0 Å². The van der Waals surface area contributed by atoms with Gasteiger partial charge in [-0.15, -0.1) is 0 Å². The molecule has 6 heteroatoms. The van der Waals surface area contributed by atoms with Gasteiger partial charge in [0.05, 0.1) is 10.5 Å². The molecule has 0 aliphatic carbocycles. The highest BCUT2D eigenvalue weighted by molar-refractivity contribution is 7.89. The Morgan fingerprint density at radius 3 is 2.45 bits per heavy atom. The number of hydrogen-bond acceptors (Lipinski definition) is 3. The summed E-state index contributed by atoms with van der Waals surface area (Å²) in [5.74, 6) is -0.928. The molecule has 0 aliphatic rings. The van der Waals surface area contributed by atoms with Gasteiger partial charge < -0.3 is 5.11 Å². The van der Waals surface area contributed by atoms with Crippen LogP contribution in [-0.2, 0) is 10.0 Å². The molecule has 0 amide bonds. The highest BCUT2D eigenvalue weighted by Gasteiger charge is 2.24. The fourth-order valence-electron chi connectivity index (χ4n) is 1.92. The summed E-state index contributed by atoms with van der Waals surface area (Å²) in [6.07, 6.45) is 0.859. The van der Waals surface area contributed by atoms with Crippen LogP contribution in [-0.4, -0.2) is 25.5 Å². The van der Waals surface area contributed by atoms with Crippen LogP contribution in [0.15, 0.2) is 23.1 Å². The number of carboxylic acids is 1. The van der Waals surface area contributed by atoms with Crippen molar-refractivity contribution in [3.63, 3.8) is 0 Å². The van der Waals surface area contributed by atoms with Crippen molar-refractivity contribution in [3.8, 4) is 0 Å². The number of nitrogens with one attached hydrogen (secondary N) is 1. The lowest BCUT2D eigenvalue weighted by Gasteiger charge is -2.20. The van der Waals surface area contributed by atoms with E-state index in [4.69, 9.17) is 5.11 Å². The first kappa shape index (κ1) is 16.7. The summed E-state index contributed by atoms with van der Waals surface area (Å²) < 4.78 is 27.3. The predicted molar refractivity (Wildman–Crippen MR) is 77.4 cm³/mol. The molecule has 0 fully saturated rings. The predicted octanol–water partition coefficient (Wildman–Crippen LogP) is 2.41. The molecule has 0 heterocycles. The summed E-state index contributed by atoms with van der Waals surface area (Å²) in [6.45, 7) is 7.27. The molecular weight excluding hydrogens is 278 g/mol. The average Bonchev–Trinajstić information content (AvgIpc) is 2.36. The van der Waals surface area contributed by atoms with Crippen molar-refractivity contribution < 1.29 is 18.3 Å². The summed E-state index contributed by atoms with van der Waals surface area (Å²) in [4.78, 5) is 11.1. The zero-order chi connectivity index (χ0) is 15.5. The van der Waals surface area contributed by atoms with Crippen LogP contribution < -0.4 is 4.72 Å². The molecule has 0 bridgehead atoms. The van der Waals surface area contributed by atoms with Crippen molar-refractivity contribution in [2.75, 3.05) is 0 Å². The monoisotopic (exact) mass is 299 g/mol. The first-order chi connectivity index (χ1) is 9.20. The van der Waals surface area contributed by atoms with Gasteiger partial charge in [-0.2, -0.15) is 0 Å². The van der Waals surface area contributed by atoms with Crippen molar-refractivity contribution in [1.82, 2.24) is 4.72 Å². The Balaban J connectivity index is 3.17. The number of benzene rings is 1. The van der Waals surface area contributed by atoms with Crippen LogP contribution in [0.25, 0.3) is 0 Å². The number of carboxylic acid groups (broad SMARTS) is 1. The molecule has 2 atom stereocenters. The van der Waals surface area contributed by atoms with Gasteiger partial charge in [0.25, 0.3) is 0 Å². The van der Waals surface area contributed by atoms with Crippen LogP contribution in [0.5, 0.6) is 0 Å². The van der Waals surface area contributed by atoms with Gasteiger partial charge in [0.15, 0.2) is 0 Å². The second kappa shape index (κ2) is 6.37. The van der Waals surface area contributed by atoms with Gasteiger partial charge in [-0.25, -0.2) is 17.9 Å². The van der Waals surface area contributed by atoms with E-state index in [-0.39, 0.29) is 28.0 Å². The minimum absolute atomic E-state index is 0.00377. The van der Waals surface area contributed by atoms with E-state index in [2.05, 4.69) is 4.72 Å². The standard InChI is InChI=1S/C14H21NO4S/c1-5-9(2)11(4)15-20(18,19)13-8-6-7-12(10(13)3)14(16)17/h6-9,11,15H,5H2,1-4H3,(H,16,17). The molecule has 2 N–H and O–H groups in total. The lowest BCUT2D eigenvalue weighted by molar-refractivity contribution is 0.0696. The summed E-state index contributed by atoms with van der Waals surface area (Å²) >= 11 is 0. The molecule has 1 aromatic carbocycles. The van der Waals surface area contributed by atoms with E-state index in [1.54, 1.807) is 0 Å². The lowest BCUT2D eigenvalue weighted by atomic mass is 10.0. The number of aromatic carboxylic acids is 1. The van der Waals surface area contributed by atoms with Gasteiger partial charge in [0.1, 0.15) is 0 Å². The molecule has 112 valence electrons. The topological polar surface area (TPSA) is 83.5 Å². The summed E-state index contributed by atoms with van der Waals surface area (Å²) in [7, 11) is -3.71. The van der Waals surface area contributed by atoms with Gasteiger partial charge in [-0.1, -0.05) is 26.3 Å². The second-order valence-electron chi connectivity index (χ2n) is 5.03. The van der Waals surface area contributed by atoms with E-state index in [9.17, 15) is 13.2 Å². The van der Waals surface area contributed by atoms with Crippen molar-refractivity contribution >= 4 is 16.0 Å². The molecular formula is C14H21NO4S. The number of rotatable bonds is 6. The Morgan fingerprint density at radius 2 is 1.95 bits per heavy atom. The number of carbonyl (C=O) groups is 1. The highest BCUT2D eigenvalue weighted by Crippen LogP contribution is 2.20. The molecule has 0 radical (unpaired) electrons. The molecule has 1 rings (SSSR count). The maximum absolute atomic E-state index is 12.4. The van der Waals surface area contributed by atoms with Crippen LogP contribution in [0.4, 0.5) is 0 Å². The van der Waals surface area contributed by atoms with Crippen LogP contribution in [0.3, 0.4) is 0 Å². The minimum Gasteiger partial charge on any atom is -0.478 e. The van der Waals surface area contributed by atoms with Crippen LogP contribution in [0, 0.1) is 12.8 Å². The molecule has 20 heavy (non-hydrogen) atoms. The van der Waals surface area contributed by atoms with Gasteiger partial charge in [-0.05, 0) is 37.5 Å². The van der Waals surface area contributed by atoms with Crippen molar-refractivity contribution in [2.24, 2.45) is 5.92 Å². The Morgan fingerprint density at radius 1 is 1.35 bits per heavy atom. The SMILES string of the molecule is CCC(C)C(C)NS(=O)(=O)c1cccc(C(=O)O)c1C. The third-order valence-corrected chi connectivity index (χ3v) is 5.35. The fourth-order valence-corrected chi connectivity index (χ4v) is 3.53. The maximum Gasteiger partial charge on any atom is 0.335 e. The van der Waals surface area contributed by atoms with E-state index < -0.39 is 16.0 Å². The minimum atomic E-state index is -3.71. The van der Waals surface area contributed by atoms with Crippen molar-refractivity contribution in [2.45, 2.75) is 45.1 Å². The normalized spacial score (nSPS) is 14.8. The van der Waals surface area contributed by atoms with Crippen LogP contribution in [0.2, 0.25) is 0 Å². The molecule has 0 saturated carbocycles. The third-order valence-electron chi connectivity index (χ3n) is 3.64. The van der Waals surface area contributed by atoms with E-state index in [1.165, 1.54) is 25.1 Å². The highest BCUT2D eigenvalue weighted by atomic mass is 32.2. The smallest absolute Gasteiger partial charge is 0.335 e. The maximum atomic E-state index is 12.4. The van der Waals surface area contributed by atoms with Gasteiger partial charge in [0, 0.05) is 6.04 Å². The first-order valence-electron chi connectivity index (χ1n) is 6.56. The van der Waals surface area contributed by atoms with E-state index >= 15 is 0 Å². The Hall–Kier alpha value is -1.40. The van der Waals surface area contributed by atoms with Crippen molar-refractivity contribution in [1.29, 1.82) is 0 Å². The molecule has 1 aromatic rings.